The average molecular weight is 503 g/mol. The van der Waals surface area contributed by atoms with Gasteiger partial charge in [0, 0.05) is 21.5 Å². The minimum Gasteiger partial charge on any atom is -0.508 e. The summed E-state index contributed by atoms with van der Waals surface area (Å²) >= 11 is 3.41. The number of anilines is 1. The molecule has 5 rings (SSSR count). The molecule has 1 aliphatic rings. The van der Waals surface area contributed by atoms with Crippen LogP contribution in [0, 0.1) is 17.0 Å². The number of amides is 2. The van der Waals surface area contributed by atoms with Crippen molar-refractivity contribution in [3.05, 3.63) is 98.0 Å². The molecule has 0 saturated heterocycles. The van der Waals surface area contributed by atoms with Gasteiger partial charge in [0.1, 0.15) is 5.75 Å². The van der Waals surface area contributed by atoms with Gasteiger partial charge in [-0.2, -0.15) is 0 Å². The third-order valence-corrected chi connectivity index (χ3v) is 6.26. The Morgan fingerprint density at radius 2 is 1.61 bits per heavy atom. The van der Waals surface area contributed by atoms with Gasteiger partial charge in [0.05, 0.1) is 21.7 Å². The first-order valence-corrected chi connectivity index (χ1v) is 10.8. The molecule has 0 aromatic heterocycles. The lowest BCUT2D eigenvalue weighted by Crippen LogP contribution is -2.40. The number of nitro benzene ring substituents is 1. The van der Waals surface area contributed by atoms with Crippen molar-refractivity contribution in [1.82, 2.24) is 0 Å². The summed E-state index contributed by atoms with van der Waals surface area (Å²) in [5.41, 5.74) is 2.24. The Morgan fingerprint density at radius 1 is 0.909 bits per heavy atom. The van der Waals surface area contributed by atoms with Crippen LogP contribution < -0.4 is 4.90 Å². The van der Waals surface area contributed by atoms with Gasteiger partial charge in [0.15, 0.2) is 0 Å². The largest absolute Gasteiger partial charge is 0.508 e. The van der Waals surface area contributed by atoms with E-state index in [1.54, 1.807) is 30.3 Å². The first-order valence-electron chi connectivity index (χ1n) is 9.96. The topological polar surface area (TPSA) is 101 Å². The molecule has 0 unspecified atom stereocenters. The van der Waals surface area contributed by atoms with Crippen molar-refractivity contribution in [3.8, 4) is 16.9 Å². The zero-order chi connectivity index (χ0) is 23.4. The summed E-state index contributed by atoms with van der Waals surface area (Å²) in [4.78, 5) is 39.4. The van der Waals surface area contributed by atoms with Crippen LogP contribution in [0.4, 0.5) is 11.4 Å². The number of nitro groups is 1. The molecule has 4 aromatic rings. The fourth-order valence-corrected chi connectivity index (χ4v) is 4.80. The van der Waals surface area contributed by atoms with Gasteiger partial charge in [-0.15, -0.1) is 0 Å². The zero-order valence-electron chi connectivity index (χ0n) is 17.2. The van der Waals surface area contributed by atoms with E-state index in [4.69, 9.17) is 0 Å². The molecule has 2 amide bonds. The lowest BCUT2D eigenvalue weighted by molar-refractivity contribution is -0.384. The molecule has 0 fully saturated rings. The molecule has 0 saturated carbocycles. The average Bonchev–Trinajstić information content (AvgIpc) is 2.78. The maximum atomic E-state index is 13.4. The van der Waals surface area contributed by atoms with Crippen molar-refractivity contribution in [2.75, 3.05) is 4.90 Å². The molecular weight excluding hydrogens is 488 g/mol. The highest BCUT2D eigenvalue weighted by atomic mass is 79.9. The second-order valence-electron chi connectivity index (χ2n) is 7.72. The molecule has 0 radical (unpaired) electrons. The van der Waals surface area contributed by atoms with Crippen LogP contribution in [0.1, 0.15) is 26.3 Å². The molecule has 1 N–H and O–H groups in total. The molecule has 1 heterocycles. The third-order valence-electron chi connectivity index (χ3n) is 5.77. The predicted molar refractivity (Wildman–Crippen MR) is 128 cm³/mol. The standard InChI is InChI=1S/C25H15BrN2O5/c1-13-11-14(26)5-10-17(13)23-18-3-2-4-19-22(18)20(12-21(23)28(32)33)25(31)27(24(19)30)15-6-8-16(29)9-7-15/h2-12,29H,1H3. The van der Waals surface area contributed by atoms with Crippen LogP contribution in [0.3, 0.4) is 0 Å². The second kappa shape index (κ2) is 7.53. The Morgan fingerprint density at radius 3 is 2.27 bits per heavy atom. The highest BCUT2D eigenvalue weighted by Gasteiger charge is 2.37. The van der Waals surface area contributed by atoms with Gasteiger partial charge in [-0.1, -0.05) is 34.1 Å². The van der Waals surface area contributed by atoms with Crippen LogP contribution in [-0.2, 0) is 0 Å². The van der Waals surface area contributed by atoms with Crippen molar-refractivity contribution in [3.63, 3.8) is 0 Å². The van der Waals surface area contributed by atoms with E-state index in [0.717, 1.165) is 14.9 Å². The van der Waals surface area contributed by atoms with Crippen LogP contribution in [-0.4, -0.2) is 21.8 Å². The Labute approximate surface area is 196 Å². The summed E-state index contributed by atoms with van der Waals surface area (Å²) in [6.07, 6.45) is 0. The summed E-state index contributed by atoms with van der Waals surface area (Å²) in [5.74, 6) is -1.20. The van der Waals surface area contributed by atoms with E-state index < -0.39 is 16.7 Å². The molecule has 0 bridgehead atoms. The molecule has 8 heteroatoms. The van der Waals surface area contributed by atoms with Crippen LogP contribution in [0.5, 0.6) is 5.75 Å². The monoisotopic (exact) mass is 502 g/mol. The predicted octanol–water partition coefficient (Wildman–Crippen LogP) is 5.99. The zero-order valence-corrected chi connectivity index (χ0v) is 18.8. The van der Waals surface area contributed by atoms with E-state index in [-0.39, 0.29) is 28.3 Å². The summed E-state index contributed by atoms with van der Waals surface area (Å²) in [7, 11) is 0. The molecule has 1 aliphatic heterocycles. The number of phenols is 1. The number of carbonyl (C=O) groups excluding carboxylic acids is 2. The van der Waals surface area contributed by atoms with Gasteiger partial charge in [-0.3, -0.25) is 19.7 Å². The number of carbonyl (C=O) groups is 2. The van der Waals surface area contributed by atoms with E-state index in [0.29, 0.717) is 21.9 Å². The normalized spacial score (nSPS) is 13.0. The minimum absolute atomic E-state index is 0.0108. The van der Waals surface area contributed by atoms with Gasteiger partial charge in [-0.05, 0) is 65.9 Å². The van der Waals surface area contributed by atoms with E-state index in [2.05, 4.69) is 15.9 Å². The number of phenolic OH excluding ortho intramolecular Hbond substituents is 1. The Balaban J connectivity index is 1.85. The molecule has 0 spiro atoms. The number of benzene rings is 4. The summed E-state index contributed by atoms with van der Waals surface area (Å²) in [6, 6.07) is 17.3. The highest BCUT2D eigenvalue weighted by molar-refractivity contribution is 9.10. The summed E-state index contributed by atoms with van der Waals surface area (Å²) in [5, 5.41) is 22.6. The Bertz CT molecular complexity index is 1510. The van der Waals surface area contributed by atoms with E-state index in [1.165, 1.54) is 30.3 Å². The van der Waals surface area contributed by atoms with Gasteiger partial charge < -0.3 is 5.11 Å². The van der Waals surface area contributed by atoms with Crippen molar-refractivity contribution in [2.45, 2.75) is 6.92 Å². The number of nitrogens with zero attached hydrogens (tertiary/aromatic N) is 2. The highest BCUT2D eigenvalue weighted by Crippen LogP contribution is 2.44. The van der Waals surface area contributed by atoms with Crippen LogP contribution in [0.25, 0.3) is 21.9 Å². The molecular formula is C25H15BrN2O5. The third kappa shape index (κ3) is 3.18. The lowest BCUT2D eigenvalue weighted by Gasteiger charge is -2.28. The first-order chi connectivity index (χ1) is 15.8. The summed E-state index contributed by atoms with van der Waals surface area (Å²) in [6.45, 7) is 1.85. The van der Waals surface area contributed by atoms with E-state index in [9.17, 15) is 24.8 Å². The van der Waals surface area contributed by atoms with E-state index in [1.807, 2.05) is 13.0 Å². The first kappa shape index (κ1) is 20.8. The Hall–Kier alpha value is -4.04. The second-order valence-corrected chi connectivity index (χ2v) is 8.64. The quantitative estimate of drug-likeness (QED) is 0.210. The maximum absolute atomic E-state index is 13.4. The van der Waals surface area contributed by atoms with Gasteiger partial charge >= 0.3 is 0 Å². The van der Waals surface area contributed by atoms with Gasteiger partial charge in [-0.25, -0.2) is 4.90 Å². The molecule has 7 nitrogen and oxygen atoms in total. The molecule has 0 atom stereocenters. The molecule has 4 aromatic carbocycles. The van der Waals surface area contributed by atoms with Crippen LogP contribution >= 0.6 is 15.9 Å². The number of hydrogen-bond acceptors (Lipinski definition) is 5. The van der Waals surface area contributed by atoms with E-state index >= 15 is 0 Å². The number of aromatic hydroxyl groups is 1. The number of rotatable bonds is 3. The number of imide groups is 1. The molecule has 0 aliphatic carbocycles. The molecule has 33 heavy (non-hydrogen) atoms. The number of aryl methyl sites for hydroxylation is 1. The van der Waals surface area contributed by atoms with Crippen LogP contribution in [0.15, 0.2) is 71.2 Å². The van der Waals surface area contributed by atoms with Crippen LogP contribution in [0.2, 0.25) is 0 Å². The lowest BCUT2D eigenvalue weighted by atomic mass is 9.86. The fraction of sp³-hybridized carbons (Fsp3) is 0.0400. The van der Waals surface area contributed by atoms with Crippen molar-refractivity contribution >= 4 is 49.9 Å². The van der Waals surface area contributed by atoms with Crippen molar-refractivity contribution in [1.29, 1.82) is 0 Å². The molecule has 162 valence electrons. The van der Waals surface area contributed by atoms with Crippen molar-refractivity contribution in [2.24, 2.45) is 0 Å². The van der Waals surface area contributed by atoms with Crippen molar-refractivity contribution < 1.29 is 19.6 Å². The number of halogens is 1. The van der Waals surface area contributed by atoms with Gasteiger partial charge in [0.2, 0.25) is 0 Å². The van der Waals surface area contributed by atoms with Gasteiger partial charge in [0.25, 0.3) is 17.5 Å². The SMILES string of the molecule is Cc1cc(Br)ccc1-c1c([N+](=O)[O-])cc2c3c(cccc13)C(=O)N(c1ccc(O)cc1)C2=O. The maximum Gasteiger partial charge on any atom is 0.278 e. The number of hydrogen-bond donors (Lipinski definition) is 1. The Kier molecular flexibility index (Phi) is 4.75. The minimum atomic E-state index is -0.656. The summed E-state index contributed by atoms with van der Waals surface area (Å²) < 4.78 is 0.837. The smallest absolute Gasteiger partial charge is 0.278 e. The fourth-order valence-electron chi connectivity index (χ4n) is 4.32.